The summed E-state index contributed by atoms with van der Waals surface area (Å²) in [5.74, 6) is 0. The average molecular weight is 853 g/mol. The van der Waals surface area contributed by atoms with Crippen molar-refractivity contribution in [3.05, 3.63) is 243 Å². The van der Waals surface area contributed by atoms with Gasteiger partial charge in [0.25, 0.3) is 0 Å². The second kappa shape index (κ2) is 16.2. The Bertz CT molecular complexity index is 3260. The predicted molar refractivity (Wildman–Crippen MR) is 278 cm³/mol. The molecule has 0 spiro atoms. The number of rotatable bonds is 9. The number of nitrogens with zero attached hydrogens (tertiary/aromatic N) is 2. The number of fused-ring (bicyclic) bond motifs is 4. The molecular weight excluding hydrogens is 813 g/mol. The number of hydrogen-bond acceptors (Lipinski definition) is 4. The van der Waals surface area contributed by atoms with E-state index in [1.165, 1.54) is 86.5 Å². The fraction of sp³-hybridized carbons (Fsp3) is 0. The first-order chi connectivity index (χ1) is 31.8. The van der Waals surface area contributed by atoms with Gasteiger partial charge in [-0.2, -0.15) is 0 Å². The summed E-state index contributed by atoms with van der Waals surface area (Å²) in [6.45, 7) is 0. The molecule has 302 valence electrons. The Kier molecular flexibility index (Phi) is 9.59. The molecule has 0 radical (unpaired) electrons. The third kappa shape index (κ3) is 6.63. The minimum absolute atomic E-state index is 1.12. The summed E-state index contributed by atoms with van der Waals surface area (Å²) in [6.07, 6.45) is 0. The maximum atomic E-state index is 2.50. The van der Waals surface area contributed by atoms with Crippen molar-refractivity contribution in [3.8, 4) is 32.0 Å². The van der Waals surface area contributed by atoms with Crippen LogP contribution in [0, 0.1) is 0 Å². The van der Waals surface area contributed by atoms with Crippen molar-refractivity contribution >= 4 is 98.5 Å². The summed E-state index contributed by atoms with van der Waals surface area (Å²) in [6, 6.07) is 88.4. The van der Waals surface area contributed by atoms with Crippen LogP contribution < -0.4 is 9.80 Å². The first-order valence-corrected chi connectivity index (χ1v) is 23.3. The average Bonchev–Trinajstić information content (AvgIpc) is 4.00. The van der Waals surface area contributed by atoms with Gasteiger partial charge in [-0.1, -0.05) is 194 Å². The van der Waals surface area contributed by atoms with Crippen molar-refractivity contribution in [2.45, 2.75) is 0 Å². The highest BCUT2D eigenvalue weighted by molar-refractivity contribution is 7.26. The minimum Gasteiger partial charge on any atom is -0.301 e. The van der Waals surface area contributed by atoms with Gasteiger partial charge in [0.05, 0.1) is 21.1 Å². The van der Waals surface area contributed by atoms with E-state index in [2.05, 4.69) is 252 Å². The van der Waals surface area contributed by atoms with Crippen LogP contribution in [0.5, 0.6) is 0 Å². The summed E-state index contributed by atoms with van der Waals surface area (Å²) in [5.41, 5.74) is 9.38. The van der Waals surface area contributed by atoms with Gasteiger partial charge in [0, 0.05) is 44.0 Å². The van der Waals surface area contributed by atoms with E-state index in [1.807, 2.05) is 22.7 Å². The molecule has 2 aromatic heterocycles. The number of anilines is 6. The van der Waals surface area contributed by atoms with Crippen LogP contribution in [0.15, 0.2) is 243 Å². The highest BCUT2D eigenvalue weighted by atomic mass is 32.1. The normalized spacial score (nSPS) is 11.4. The maximum Gasteiger partial charge on any atom is 0.101 e. The zero-order chi connectivity index (χ0) is 42.4. The van der Waals surface area contributed by atoms with Gasteiger partial charge in [0.1, 0.15) is 10.0 Å². The van der Waals surface area contributed by atoms with Crippen molar-refractivity contribution in [1.82, 2.24) is 0 Å². The third-order valence-corrected chi connectivity index (χ3v) is 14.6. The van der Waals surface area contributed by atoms with Crippen LogP contribution in [0.4, 0.5) is 32.8 Å². The van der Waals surface area contributed by atoms with E-state index >= 15 is 0 Å². The molecule has 10 aromatic carbocycles. The van der Waals surface area contributed by atoms with E-state index in [9.17, 15) is 0 Å². The van der Waals surface area contributed by atoms with Crippen LogP contribution in [-0.2, 0) is 0 Å². The summed E-state index contributed by atoms with van der Waals surface area (Å²) in [7, 11) is 0. The van der Waals surface area contributed by atoms with Crippen LogP contribution in [0.25, 0.3) is 75.1 Å². The molecule has 0 unspecified atom stereocenters. The number of thiophene rings is 2. The molecule has 0 saturated heterocycles. The van der Waals surface area contributed by atoms with Crippen LogP contribution in [0.3, 0.4) is 0 Å². The molecule has 0 N–H and O–H groups in total. The first-order valence-electron chi connectivity index (χ1n) is 21.7. The summed E-state index contributed by atoms with van der Waals surface area (Å²) < 4.78 is 0. The molecule has 0 bridgehead atoms. The van der Waals surface area contributed by atoms with E-state index in [-0.39, 0.29) is 0 Å². The van der Waals surface area contributed by atoms with E-state index in [0.717, 1.165) is 21.4 Å². The fourth-order valence-electron chi connectivity index (χ4n) is 9.33. The fourth-order valence-corrected chi connectivity index (χ4v) is 11.9. The van der Waals surface area contributed by atoms with Crippen molar-refractivity contribution in [2.75, 3.05) is 9.80 Å². The lowest BCUT2D eigenvalue weighted by Gasteiger charge is -2.27. The van der Waals surface area contributed by atoms with Gasteiger partial charge >= 0.3 is 0 Å². The topological polar surface area (TPSA) is 6.48 Å². The van der Waals surface area contributed by atoms with Crippen molar-refractivity contribution < 1.29 is 0 Å². The molecule has 0 aliphatic carbocycles. The van der Waals surface area contributed by atoms with Gasteiger partial charge in [0.15, 0.2) is 0 Å². The van der Waals surface area contributed by atoms with E-state index < -0.39 is 0 Å². The summed E-state index contributed by atoms with van der Waals surface area (Å²) >= 11 is 3.74. The molecule has 4 heteroatoms. The zero-order valence-electron chi connectivity index (χ0n) is 34.8. The zero-order valence-corrected chi connectivity index (χ0v) is 36.4. The van der Waals surface area contributed by atoms with Gasteiger partial charge < -0.3 is 9.80 Å². The lowest BCUT2D eigenvalue weighted by molar-refractivity contribution is 1.35. The lowest BCUT2D eigenvalue weighted by Crippen LogP contribution is -2.09. The summed E-state index contributed by atoms with van der Waals surface area (Å²) in [5, 5.41) is 12.0. The van der Waals surface area contributed by atoms with Crippen LogP contribution in [0.1, 0.15) is 0 Å². The van der Waals surface area contributed by atoms with Gasteiger partial charge in [-0.05, 0) is 81.2 Å². The van der Waals surface area contributed by atoms with E-state index in [0.29, 0.717) is 0 Å². The van der Waals surface area contributed by atoms with Crippen molar-refractivity contribution in [1.29, 1.82) is 0 Å². The monoisotopic (exact) mass is 852 g/mol. The maximum absolute atomic E-state index is 2.50. The summed E-state index contributed by atoms with van der Waals surface area (Å²) in [4.78, 5) is 7.47. The molecule has 0 saturated carbocycles. The molecule has 0 amide bonds. The van der Waals surface area contributed by atoms with E-state index in [4.69, 9.17) is 0 Å². The third-order valence-electron chi connectivity index (χ3n) is 12.2. The predicted octanol–water partition coefficient (Wildman–Crippen LogP) is 18.4. The Morgan fingerprint density at radius 2 is 0.547 bits per heavy atom. The standard InChI is InChI=1S/C60H40N2S2/c1-5-21-41(22-6-1)53-39-55(61(47-29-9-3-10-30-47)57-49-33-17-13-25-43(49)37-44-26-14-18-34-50(44)57)63-59(53)60-54(42-23-7-2-8-24-42)40-56(64-60)62(48-31-11-4-12-32-48)58-51-35-19-15-27-45(51)38-46-28-16-20-36-52(46)58/h1-40H. The molecule has 2 nitrogen and oxygen atoms in total. The van der Waals surface area contributed by atoms with Crippen molar-refractivity contribution in [3.63, 3.8) is 0 Å². The Morgan fingerprint density at radius 3 is 0.875 bits per heavy atom. The van der Waals surface area contributed by atoms with E-state index in [1.54, 1.807) is 0 Å². The number of para-hydroxylation sites is 2. The van der Waals surface area contributed by atoms with Gasteiger partial charge in [-0.3, -0.25) is 0 Å². The molecule has 64 heavy (non-hydrogen) atoms. The van der Waals surface area contributed by atoms with Crippen LogP contribution in [0.2, 0.25) is 0 Å². The molecule has 0 atom stereocenters. The quantitative estimate of drug-likeness (QED) is 0.134. The molecule has 12 aromatic rings. The Morgan fingerprint density at radius 1 is 0.266 bits per heavy atom. The second-order valence-corrected chi connectivity index (χ2v) is 18.1. The van der Waals surface area contributed by atoms with Gasteiger partial charge in [-0.15, -0.1) is 22.7 Å². The molecule has 0 fully saturated rings. The van der Waals surface area contributed by atoms with Crippen molar-refractivity contribution in [2.24, 2.45) is 0 Å². The Hall–Kier alpha value is -7.76. The van der Waals surface area contributed by atoms with Crippen LogP contribution in [-0.4, -0.2) is 0 Å². The highest BCUT2D eigenvalue weighted by Gasteiger charge is 2.28. The molecule has 12 rings (SSSR count). The second-order valence-electron chi connectivity index (χ2n) is 16.1. The lowest BCUT2D eigenvalue weighted by atomic mass is 9.99. The SMILES string of the molecule is c1ccc(-c2cc(N(c3ccccc3)c3c4ccccc4cc4ccccc34)sc2-c2sc(N(c3ccccc3)c3c4ccccc4cc4ccccc34)cc2-c2ccccc2)cc1. The smallest absolute Gasteiger partial charge is 0.101 e. The molecule has 2 heterocycles. The first kappa shape index (κ1) is 38.0. The van der Waals surface area contributed by atoms with Gasteiger partial charge in [0.2, 0.25) is 0 Å². The minimum atomic E-state index is 1.12. The molecule has 0 aliphatic heterocycles. The number of benzene rings is 10. The largest absolute Gasteiger partial charge is 0.301 e. The van der Waals surface area contributed by atoms with Gasteiger partial charge in [-0.25, -0.2) is 0 Å². The Balaban J connectivity index is 1.16. The van der Waals surface area contributed by atoms with Crippen LogP contribution >= 0.6 is 22.7 Å². The molecular formula is C60H40N2S2. The highest BCUT2D eigenvalue weighted by Crippen LogP contribution is 2.56. The molecule has 0 aliphatic rings. The number of hydrogen-bond donors (Lipinski definition) is 0. The Labute approximate surface area is 380 Å².